The first kappa shape index (κ1) is 11.9. The first-order chi connectivity index (χ1) is 8.73. The lowest BCUT2D eigenvalue weighted by Crippen LogP contribution is -2.34. The topological polar surface area (TPSA) is 46.4 Å². The molecule has 1 unspecified atom stereocenters. The minimum atomic E-state index is -0.156. The SMILES string of the molecule is CCC1(C(=O)Cc2cn3ccsc3n2)CCNC1. The van der Waals surface area contributed by atoms with Crippen molar-refractivity contribution in [3.05, 3.63) is 23.5 Å². The number of Topliss-reactive ketones (excluding diaryl/α,β-unsaturated/α-hetero) is 1. The molecule has 2 aromatic heterocycles. The predicted molar refractivity (Wildman–Crippen MR) is 72.0 cm³/mol. The Kier molecular flexibility index (Phi) is 2.95. The van der Waals surface area contributed by atoms with Gasteiger partial charge in [0.25, 0.3) is 0 Å². The Bertz CT molecular complexity index is 537. The van der Waals surface area contributed by atoms with Crippen molar-refractivity contribution in [2.45, 2.75) is 26.2 Å². The van der Waals surface area contributed by atoms with E-state index in [9.17, 15) is 4.79 Å². The summed E-state index contributed by atoms with van der Waals surface area (Å²) in [6, 6.07) is 0. The van der Waals surface area contributed by atoms with Crippen LogP contribution < -0.4 is 5.32 Å². The number of carbonyl (C=O) groups is 1. The lowest BCUT2D eigenvalue weighted by atomic mass is 9.78. The Balaban J connectivity index is 1.79. The van der Waals surface area contributed by atoms with Crippen LogP contribution in [0.5, 0.6) is 0 Å². The van der Waals surface area contributed by atoms with Crippen LogP contribution in [0.3, 0.4) is 0 Å². The van der Waals surface area contributed by atoms with E-state index < -0.39 is 0 Å². The van der Waals surface area contributed by atoms with E-state index in [0.29, 0.717) is 12.2 Å². The van der Waals surface area contributed by atoms with Gasteiger partial charge in [0.1, 0.15) is 5.78 Å². The molecule has 1 N–H and O–H groups in total. The van der Waals surface area contributed by atoms with Gasteiger partial charge in [0.15, 0.2) is 4.96 Å². The Morgan fingerprint density at radius 2 is 2.56 bits per heavy atom. The summed E-state index contributed by atoms with van der Waals surface area (Å²) < 4.78 is 1.98. The Labute approximate surface area is 110 Å². The smallest absolute Gasteiger partial charge is 0.193 e. The van der Waals surface area contributed by atoms with Gasteiger partial charge in [0.05, 0.1) is 12.1 Å². The zero-order chi connectivity index (χ0) is 12.6. The minimum Gasteiger partial charge on any atom is -0.316 e. The number of thiazole rings is 1. The quantitative estimate of drug-likeness (QED) is 0.916. The number of hydrogen-bond donors (Lipinski definition) is 1. The molecule has 1 aliphatic rings. The van der Waals surface area contributed by atoms with Gasteiger partial charge in [-0.3, -0.25) is 9.20 Å². The van der Waals surface area contributed by atoms with Crippen LogP contribution in [-0.4, -0.2) is 28.3 Å². The van der Waals surface area contributed by atoms with Gasteiger partial charge in [-0.25, -0.2) is 4.98 Å². The highest BCUT2D eigenvalue weighted by molar-refractivity contribution is 7.15. The summed E-state index contributed by atoms with van der Waals surface area (Å²) in [5.41, 5.74) is 0.739. The standard InChI is InChI=1S/C13H17N3OS/c1-2-13(3-4-14-9-13)11(17)7-10-8-16-5-6-18-12(16)15-10/h5-6,8,14H,2-4,7,9H2,1H3. The summed E-state index contributed by atoms with van der Waals surface area (Å²) in [4.78, 5) is 17.9. The number of fused-ring (bicyclic) bond motifs is 1. The van der Waals surface area contributed by atoms with Gasteiger partial charge in [0, 0.05) is 29.7 Å². The van der Waals surface area contributed by atoms with E-state index in [0.717, 1.165) is 36.6 Å². The van der Waals surface area contributed by atoms with Crippen molar-refractivity contribution in [3.63, 3.8) is 0 Å². The zero-order valence-electron chi connectivity index (χ0n) is 10.5. The number of nitrogens with zero attached hydrogens (tertiary/aromatic N) is 2. The molecule has 0 amide bonds. The minimum absolute atomic E-state index is 0.156. The lowest BCUT2D eigenvalue weighted by Gasteiger charge is -2.24. The van der Waals surface area contributed by atoms with E-state index >= 15 is 0 Å². The first-order valence-electron chi connectivity index (χ1n) is 6.39. The van der Waals surface area contributed by atoms with Gasteiger partial charge in [-0.15, -0.1) is 11.3 Å². The van der Waals surface area contributed by atoms with E-state index in [1.807, 2.05) is 22.2 Å². The van der Waals surface area contributed by atoms with E-state index in [4.69, 9.17) is 0 Å². The third-order valence-electron chi connectivity index (χ3n) is 4.00. The number of aromatic nitrogens is 2. The molecule has 0 bridgehead atoms. The monoisotopic (exact) mass is 263 g/mol. The average molecular weight is 263 g/mol. The molecular weight excluding hydrogens is 246 g/mol. The van der Waals surface area contributed by atoms with Crippen LogP contribution in [0.2, 0.25) is 0 Å². The molecule has 3 rings (SSSR count). The Hall–Kier alpha value is -1.20. The van der Waals surface area contributed by atoms with Crippen molar-refractivity contribution in [2.24, 2.45) is 5.41 Å². The van der Waals surface area contributed by atoms with Crippen LogP contribution in [0.1, 0.15) is 25.5 Å². The van der Waals surface area contributed by atoms with Gasteiger partial charge in [-0.2, -0.15) is 0 Å². The molecule has 0 radical (unpaired) electrons. The van der Waals surface area contributed by atoms with Crippen LogP contribution in [-0.2, 0) is 11.2 Å². The predicted octanol–water partition coefficient (Wildman–Crippen LogP) is 1.90. The number of ketones is 1. The van der Waals surface area contributed by atoms with Crippen LogP contribution in [0.4, 0.5) is 0 Å². The van der Waals surface area contributed by atoms with Crippen LogP contribution in [0, 0.1) is 5.41 Å². The molecule has 0 saturated carbocycles. The van der Waals surface area contributed by atoms with E-state index in [-0.39, 0.29) is 5.41 Å². The van der Waals surface area contributed by atoms with Crippen molar-refractivity contribution in [1.82, 2.24) is 14.7 Å². The largest absolute Gasteiger partial charge is 0.316 e. The Morgan fingerprint density at radius 3 is 3.22 bits per heavy atom. The fraction of sp³-hybridized carbons (Fsp3) is 0.538. The molecule has 2 aromatic rings. The second-order valence-corrected chi connectivity index (χ2v) is 5.86. The normalized spacial score (nSPS) is 23.8. The summed E-state index contributed by atoms with van der Waals surface area (Å²) in [6.07, 6.45) is 6.29. The van der Waals surface area contributed by atoms with Gasteiger partial charge >= 0.3 is 0 Å². The molecule has 0 aliphatic carbocycles. The van der Waals surface area contributed by atoms with Crippen molar-refractivity contribution in [3.8, 4) is 0 Å². The molecule has 1 aliphatic heterocycles. The highest BCUT2D eigenvalue weighted by atomic mass is 32.1. The molecule has 1 atom stereocenters. The summed E-state index contributed by atoms with van der Waals surface area (Å²) in [6.45, 7) is 3.89. The molecule has 0 spiro atoms. The summed E-state index contributed by atoms with van der Waals surface area (Å²) in [7, 11) is 0. The van der Waals surface area contributed by atoms with E-state index in [1.54, 1.807) is 11.3 Å². The van der Waals surface area contributed by atoms with Crippen LogP contribution in [0.25, 0.3) is 4.96 Å². The molecule has 18 heavy (non-hydrogen) atoms. The molecule has 4 nitrogen and oxygen atoms in total. The second kappa shape index (κ2) is 4.48. The van der Waals surface area contributed by atoms with Crippen molar-refractivity contribution in [1.29, 1.82) is 0 Å². The number of nitrogens with one attached hydrogen (secondary N) is 1. The maximum Gasteiger partial charge on any atom is 0.193 e. The Morgan fingerprint density at radius 1 is 1.67 bits per heavy atom. The number of rotatable bonds is 4. The first-order valence-corrected chi connectivity index (χ1v) is 7.26. The fourth-order valence-electron chi connectivity index (χ4n) is 2.69. The lowest BCUT2D eigenvalue weighted by molar-refractivity contribution is -0.127. The highest BCUT2D eigenvalue weighted by Gasteiger charge is 2.39. The molecule has 1 fully saturated rings. The molecule has 0 aromatic carbocycles. The zero-order valence-corrected chi connectivity index (χ0v) is 11.3. The average Bonchev–Trinajstić information content (AvgIpc) is 3.03. The van der Waals surface area contributed by atoms with Crippen LogP contribution >= 0.6 is 11.3 Å². The summed E-state index contributed by atoms with van der Waals surface area (Å²) in [5, 5.41) is 5.31. The molecular formula is C13H17N3OS. The van der Waals surface area contributed by atoms with Crippen LogP contribution in [0.15, 0.2) is 17.8 Å². The molecule has 3 heterocycles. The summed E-state index contributed by atoms with van der Waals surface area (Å²) in [5.74, 6) is 0.334. The third-order valence-corrected chi connectivity index (χ3v) is 4.77. The van der Waals surface area contributed by atoms with Gasteiger partial charge in [-0.05, 0) is 19.4 Å². The maximum absolute atomic E-state index is 12.5. The third kappa shape index (κ3) is 1.87. The summed E-state index contributed by atoms with van der Waals surface area (Å²) >= 11 is 1.60. The molecule has 5 heteroatoms. The molecule has 1 saturated heterocycles. The highest BCUT2D eigenvalue weighted by Crippen LogP contribution is 2.31. The van der Waals surface area contributed by atoms with Crippen molar-refractivity contribution >= 4 is 22.1 Å². The van der Waals surface area contributed by atoms with E-state index in [2.05, 4.69) is 17.2 Å². The maximum atomic E-state index is 12.5. The molecule has 96 valence electrons. The van der Waals surface area contributed by atoms with Crippen molar-refractivity contribution in [2.75, 3.05) is 13.1 Å². The number of carbonyl (C=O) groups excluding carboxylic acids is 1. The second-order valence-electron chi connectivity index (χ2n) is 4.99. The van der Waals surface area contributed by atoms with Gasteiger partial charge in [-0.1, -0.05) is 6.92 Å². The number of imidazole rings is 1. The number of hydrogen-bond acceptors (Lipinski definition) is 4. The van der Waals surface area contributed by atoms with Gasteiger partial charge in [0.2, 0.25) is 0 Å². The van der Waals surface area contributed by atoms with E-state index in [1.165, 1.54) is 0 Å². The van der Waals surface area contributed by atoms with Gasteiger partial charge < -0.3 is 5.32 Å². The fourth-order valence-corrected chi connectivity index (χ4v) is 3.41. The van der Waals surface area contributed by atoms with Crippen molar-refractivity contribution < 1.29 is 4.79 Å².